The van der Waals surface area contributed by atoms with Crippen molar-refractivity contribution in [1.29, 1.82) is 0 Å². The number of ether oxygens (including phenoxy) is 2. The molecule has 1 aromatic heterocycles. The minimum Gasteiger partial charge on any atom is -0.496 e. The highest BCUT2D eigenvalue weighted by molar-refractivity contribution is 5.76. The predicted octanol–water partition coefficient (Wildman–Crippen LogP) is 2.64. The van der Waals surface area contributed by atoms with Crippen LogP contribution in [-0.2, 0) is 0 Å². The predicted molar refractivity (Wildman–Crippen MR) is 80.1 cm³/mol. The summed E-state index contributed by atoms with van der Waals surface area (Å²) in [5.41, 5.74) is 1.83. The summed E-state index contributed by atoms with van der Waals surface area (Å²) in [7, 11) is 3.20. The third kappa shape index (κ3) is 2.39. The number of aromatic amines is 1. The molecule has 0 bridgehead atoms. The van der Waals surface area contributed by atoms with E-state index in [4.69, 9.17) is 9.47 Å². The third-order valence-electron chi connectivity index (χ3n) is 3.80. The van der Waals surface area contributed by atoms with E-state index < -0.39 is 0 Å². The summed E-state index contributed by atoms with van der Waals surface area (Å²) in [5, 5.41) is 0. The van der Waals surface area contributed by atoms with Crippen molar-refractivity contribution in [2.24, 2.45) is 0 Å². The maximum Gasteiger partial charge on any atom is 0.254 e. The van der Waals surface area contributed by atoms with Crippen LogP contribution in [0.25, 0.3) is 11.3 Å². The van der Waals surface area contributed by atoms with Gasteiger partial charge in [0, 0.05) is 11.5 Å². The van der Waals surface area contributed by atoms with Gasteiger partial charge >= 0.3 is 0 Å². The molecule has 0 amide bonds. The zero-order valence-corrected chi connectivity index (χ0v) is 12.4. The standard InChI is InChI=1S/C16H18N2O3/c1-9-14(17-15(10-7-8-10)18-16(9)19)13-11(20-2)5-4-6-12(13)21-3/h4-6,10H,7-8H2,1-3H3,(H,17,18,19). The van der Waals surface area contributed by atoms with Crippen LogP contribution in [0.15, 0.2) is 23.0 Å². The van der Waals surface area contributed by atoms with Crippen LogP contribution in [0.1, 0.15) is 30.1 Å². The summed E-state index contributed by atoms with van der Waals surface area (Å²) in [4.78, 5) is 19.7. The van der Waals surface area contributed by atoms with Gasteiger partial charge in [-0.25, -0.2) is 4.98 Å². The molecule has 1 heterocycles. The normalized spacial score (nSPS) is 14.0. The van der Waals surface area contributed by atoms with Crippen molar-refractivity contribution < 1.29 is 9.47 Å². The number of hydrogen-bond donors (Lipinski definition) is 1. The summed E-state index contributed by atoms with van der Waals surface area (Å²) in [5.74, 6) is 2.43. The molecule has 5 nitrogen and oxygen atoms in total. The second-order valence-corrected chi connectivity index (χ2v) is 5.24. The van der Waals surface area contributed by atoms with E-state index in [1.807, 2.05) is 18.2 Å². The molecule has 1 aromatic carbocycles. The number of benzene rings is 1. The van der Waals surface area contributed by atoms with E-state index in [1.165, 1.54) is 0 Å². The van der Waals surface area contributed by atoms with Crippen molar-refractivity contribution in [2.45, 2.75) is 25.7 Å². The molecule has 1 fully saturated rings. The molecule has 5 heteroatoms. The lowest BCUT2D eigenvalue weighted by Crippen LogP contribution is -2.16. The Balaban J connectivity index is 2.27. The second kappa shape index (κ2) is 5.24. The molecule has 1 N–H and O–H groups in total. The zero-order chi connectivity index (χ0) is 15.0. The van der Waals surface area contributed by atoms with Crippen LogP contribution in [-0.4, -0.2) is 24.2 Å². The summed E-state index contributed by atoms with van der Waals surface area (Å²) in [6.45, 7) is 1.77. The Kier molecular flexibility index (Phi) is 3.41. The number of methoxy groups -OCH3 is 2. The monoisotopic (exact) mass is 286 g/mol. The van der Waals surface area contributed by atoms with Crippen LogP contribution in [0.2, 0.25) is 0 Å². The molecule has 3 rings (SSSR count). The van der Waals surface area contributed by atoms with Crippen molar-refractivity contribution in [3.8, 4) is 22.8 Å². The molecule has 1 saturated carbocycles. The number of nitrogens with zero attached hydrogens (tertiary/aromatic N) is 1. The lowest BCUT2D eigenvalue weighted by molar-refractivity contribution is 0.397. The molecule has 0 radical (unpaired) electrons. The van der Waals surface area contributed by atoms with E-state index in [1.54, 1.807) is 21.1 Å². The highest BCUT2D eigenvalue weighted by atomic mass is 16.5. The molecule has 0 aliphatic heterocycles. The van der Waals surface area contributed by atoms with Crippen LogP contribution in [0, 0.1) is 6.92 Å². The molecule has 0 unspecified atom stereocenters. The van der Waals surface area contributed by atoms with Gasteiger partial charge in [-0.1, -0.05) is 6.07 Å². The van der Waals surface area contributed by atoms with Gasteiger partial charge in [0.15, 0.2) is 0 Å². The van der Waals surface area contributed by atoms with Crippen LogP contribution in [0.4, 0.5) is 0 Å². The fourth-order valence-corrected chi connectivity index (χ4v) is 2.43. The second-order valence-electron chi connectivity index (χ2n) is 5.24. The van der Waals surface area contributed by atoms with Gasteiger partial charge in [-0.15, -0.1) is 0 Å². The smallest absolute Gasteiger partial charge is 0.254 e. The fourth-order valence-electron chi connectivity index (χ4n) is 2.43. The Hall–Kier alpha value is -2.30. The molecular weight excluding hydrogens is 268 g/mol. The van der Waals surface area contributed by atoms with Gasteiger partial charge in [-0.2, -0.15) is 0 Å². The van der Waals surface area contributed by atoms with E-state index in [9.17, 15) is 4.79 Å². The van der Waals surface area contributed by atoms with Crippen LogP contribution in [0.5, 0.6) is 11.5 Å². The Morgan fingerprint density at radius 2 is 1.81 bits per heavy atom. The average Bonchev–Trinajstić information content (AvgIpc) is 3.34. The van der Waals surface area contributed by atoms with Gasteiger partial charge < -0.3 is 14.5 Å². The first kappa shape index (κ1) is 13.7. The highest BCUT2D eigenvalue weighted by Gasteiger charge is 2.28. The summed E-state index contributed by atoms with van der Waals surface area (Å²) < 4.78 is 10.8. The van der Waals surface area contributed by atoms with Crippen molar-refractivity contribution in [3.05, 3.63) is 39.9 Å². The fraction of sp³-hybridized carbons (Fsp3) is 0.375. The topological polar surface area (TPSA) is 64.2 Å². The Morgan fingerprint density at radius 1 is 1.19 bits per heavy atom. The lowest BCUT2D eigenvalue weighted by atomic mass is 10.0. The molecular formula is C16H18N2O3. The molecule has 1 aliphatic carbocycles. The minimum atomic E-state index is -0.102. The first-order chi connectivity index (χ1) is 10.2. The van der Waals surface area contributed by atoms with Gasteiger partial charge in [0.25, 0.3) is 5.56 Å². The SMILES string of the molecule is COc1cccc(OC)c1-c1nc(C2CC2)[nH]c(=O)c1C. The summed E-state index contributed by atoms with van der Waals surface area (Å²) >= 11 is 0. The maximum absolute atomic E-state index is 12.2. The average molecular weight is 286 g/mol. The number of H-pyrrole nitrogens is 1. The van der Waals surface area contributed by atoms with Crippen molar-refractivity contribution >= 4 is 0 Å². The van der Waals surface area contributed by atoms with E-state index in [2.05, 4.69) is 9.97 Å². The first-order valence-corrected chi connectivity index (χ1v) is 6.98. The molecule has 0 saturated heterocycles. The van der Waals surface area contributed by atoms with E-state index in [-0.39, 0.29) is 5.56 Å². The summed E-state index contributed by atoms with van der Waals surface area (Å²) in [6, 6.07) is 5.54. The number of rotatable bonds is 4. The van der Waals surface area contributed by atoms with E-state index >= 15 is 0 Å². The van der Waals surface area contributed by atoms with Crippen LogP contribution < -0.4 is 15.0 Å². The Morgan fingerprint density at radius 3 is 2.33 bits per heavy atom. The van der Waals surface area contributed by atoms with Gasteiger partial charge in [-0.05, 0) is 31.9 Å². The molecule has 21 heavy (non-hydrogen) atoms. The first-order valence-electron chi connectivity index (χ1n) is 6.98. The summed E-state index contributed by atoms with van der Waals surface area (Å²) in [6.07, 6.45) is 2.16. The van der Waals surface area contributed by atoms with Gasteiger partial charge in [0.05, 0.1) is 25.5 Å². The maximum atomic E-state index is 12.2. The highest BCUT2D eigenvalue weighted by Crippen LogP contribution is 2.41. The number of aromatic nitrogens is 2. The third-order valence-corrected chi connectivity index (χ3v) is 3.80. The minimum absolute atomic E-state index is 0.102. The molecule has 0 spiro atoms. The van der Waals surface area contributed by atoms with E-state index in [0.717, 1.165) is 24.2 Å². The quantitative estimate of drug-likeness (QED) is 0.938. The lowest BCUT2D eigenvalue weighted by Gasteiger charge is -2.14. The van der Waals surface area contributed by atoms with Crippen LogP contribution >= 0.6 is 0 Å². The largest absolute Gasteiger partial charge is 0.496 e. The van der Waals surface area contributed by atoms with Crippen LogP contribution in [0.3, 0.4) is 0 Å². The van der Waals surface area contributed by atoms with Crippen molar-refractivity contribution in [2.75, 3.05) is 14.2 Å². The molecule has 110 valence electrons. The number of nitrogens with one attached hydrogen (secondary N) is 1. The van der Waals surface area contributed by atoms with Gasteiger partial charge in [-0.3, -0.25) is 4.79 Å². The van der Waals surface area contributed by atoms with Crippen molar-refractivity contribution in [3.63, 3.8) is 0 Å². The Labute approximate surface area is 123 Å². The van der Waals surface area contributed by atoms with Crippen molar-refractivity contribution in [1.82, 2.24) is 9.97 Å². The molecule has 1 aliphatic rings. The van der Waals surface area contributed by atoms with E-state index in [0.29, 0.717) is 28.7 Å². The van der Waals surface area contributed by atoms with Gasteiger partial charge in [0.1, 0.15) is 17.3 Å². The zero-order valence-electron chi connectivity index (χ0n) is 12.4. The Bertz CT molecular complexity index is 711. The number of hydrogen-bond acceptors (Lipinski definition) is 4. The molecule has 2 aromatic rings. The van der Waals surface area contributed by atoms with Gasteiger partial charge in [0.2, 0.25) is 0 Å². The molecule has 0 atom stereocenters.